The minimum absolute atomic E-state index is 0.196. The fourth-order valence-electron chi connectivity index (χ4n) is 3.57. The number of nitrogens with zero attached hydrogens (tertiary/aromatic N) is 5. The molecule has 0 saturated carbocycles. The summed E-state index contributed by atoms with van der Waals surface area (Å²) in [6, 6.07) is 10.9. The van der Waals surface area contributed by atoms with Gasteiger partial charge >= 0.3 is 0 Å². The molecule has 0 spiro atoms. The Labute approximate surface area is 143 Å². The van der Waals surface area contributed by atoms with E-state index in [0.29, 0.717) is 0 Å². The average molecular weight is 329 g/mol. The molecule has 0 aliphatic carbocycles. The molecule has 3 rings (SSSR count). The third kappa shape index (κ3) is 3.82. The largest absolute Gasteiger partial charge is 0.395 e. The van der Waals surface area contributed by atoms with Gasteiger partial charge in [0.25, 0.3) is 0 Å². The molecule has 24 heavy (non-hydrogen) atoms. The Morgan fingerprint density at radius 1 is 1.17 bits per heavy atom. The highest BCUT2D eigenvalue weighted by molar-refractivity contribution is 5.15. The van der Waals surface area contributed by atoms with Crippen LogP contribution in [0.5, 0.6) is 0 Å². The Morgan fingerprint density at radius 3 is 2.75 bits per heavy atom. The zero-order chi connectivity index (χ0) is 16.8. The molecule has 130 valence electrons. The molecular formula is C18H27N5O. The predicted molar refractivity (Wildman–Crippen MR) is 92.4 cm³/mol. The molecule has 1 aromatic heterocycles. The summed E-state index contributed by atoms with van der Waals surface area (Å²) in [5, 5.41) is 22.1. The van der Waals surface area contributed by atoms with Crippen LogP contribution in [0.1, 0.15) is 50.0 Å². The van der Waals surface area contributed by atoms with Crippen molar-refractivity contribution >= 4 is 0 Å². The topological polar surface area (TPSA) is 67.1 Å². The number of unbranched alkanes of at least 4 members (excludes halogenated alkanes) is 1. The summed E-state index contributed by atoms with van der Waals surface area (Å²) in [7, 11) is 0. The molecule has 1 aliphatic heterocycles. The van der Waals surface area contributed by atoms with E-state index >= 15 is 0 Å². The number of hydrogen-bond acceptors (Lipinski definition) is 5. The summed E-state index contributed by atoms with van der Waals surface area (Å²) >= 11 is 0. The maximum Gasteiger partial charge on any atom is 0.168 e. The molecule has 0 amide bonds. The zero-order valence-electron chi connectivity index (χ0n) is 14.4. The number of aryl methyl sites for hydroxylation is 1. The van der Waals surface area contributed by atoms with Crippen molar-refractivity contribution in [3.05, 3.63) is 41.7 Å². The summed E-state index contributed by atoms with van der Waals surface area (Å²) in [5.41, 5.74) is 1.32. The number of benzene rings is 1. The van der Waals surface area contributed by atoms with Crippen molar-refractivity contribution in [2.75, 3.05) is 13.2 Å². The summed E-state index contributed by atoms with van der Waals surface area (Å²) in [4.78, 5) is 2.39. The van der Waals surface area contributed by atoms with Crippen LogP contribution in [0.4, 0.5) is 0 Å². The number of likely N-dealkylation sites (tertiary alicyclic amines) is 1. The smallest absolute Gasteiger partial charge is 0.168 e. The van der Waals surface area contributed by atoms with E-state index in [1.807, 2.05) is 10.7 Å². The summed E-state index contributed by atoms with van der Waals surface area (Å²) < 4.78 is 1.95. The third-order valence-electron chi connectivity index (χ3n) is 4.94. The van der Waals surface area contributed by atoms with Crippen LogP contribution in [0.2, 0.25) is 0 Å². The lowest BCUT2D eigenvalue weighted by atomic mass is 10.1. The van der Waals surface area contributed by atoms with E-state index in [-0.39, 0.29) is 18.7 Å². The van der Waals surface area contributed by atoms with Crippen LogP contribution in [0.15, 0.2) is 30.3 Å². The quantitative estimate of drug-likeness (QED) is 0.804. The van der Waals surface area contributed by atoms with Gasteiger partial charge < -0.3 is 5.11 Å². The molecule has 2 aromatic rings. The van der Waals surface area contributed by atoms with Gasteiger partial charge in [-0.15, -0.1) is 5.10 Å². The molecule has 2 heterocycles. The van der Waals surface area contributed by atoms with Crippen molar-refractivity contribution in [2.24, 2.45) is 0 Å². The van der Waals surface area contributed by atoms with E-state index in [1.54, 1.807) is 0 Å². The van der Waals surface area contributed by atoms with E-state index < -0.39 is 0 Å². The second-order valence-corrected chi connectivity index (χ2v) is 6.52. The van der Waals surface area contributed by atoms with E-state index in [4.69, 9.17) is 0 Å². The molecule has 1 saturated heterocycles. The number of rotatable bonds is 8. The van der Waals surface area contributed by atoms with Crippen LogP contribution >= 0.6 is 0 Å². The summed E-state index contributed by atoms with van der Waals surface area (Å²) in [5.74, 6) is 0.951. The Kier molecular flexibility index (Phi) is 5.93. The number of hydrogen-bond donors (Lipinski definition) is 1. The zero-order valence-corrected chi connectivity index (χ0v) is 14.4. The second kappa shape index (κ2) is 8.35. The molecule has 2 atom stereocenters. The Morgan fingerprint density at radius 2 is 2.00 bits per heavy atom. The van der Waals surface area contributed by atoms with Gasteiger partial charge in [-0.25, -0.2) is 4.68 Å². The fraction of sp³-hybridized carbons (Fsp3) is 0.611. The molecule has 6 nitrogen and oxygen atoms in total. The van der Waals surface area contributed by atoms with Crippen molar-refractivity contribution in [3.63, 3.8) is 0 Å². The van der Waals surface area contributed by atoms with Gasteiger partial charge in [-0.2, -0.15) is 0 Å². The molecule has 1 aliphatic rings. The number of tetrazole rings is 1. The molecule has 1 N–H and O–H groups in total. The van der Waals surface area contributed by atoms with Gasteiger partial charge in [-0.05, 0) is 41.7 Å². The number of aliphatic hydroxyl groups excluding tert-OH is 1. The Balaban J connectivity index is 1.72. The second-order valence-electron chi connectivity index (χ2n) is 6.52. The van der Waals surface area contributed by atoms with Crippen molar-refractivity contribution in [1.82, 2.24) is 25.1 Å². The monoisotopic (exact) mass is 329 g/mol. The van der Waals surface area contributed by atoms with E-state index in [1.165, 1.54) is 5.56 Å². The van der Waals surface area contributed by atoms with Crippen LogP contribution in [-0.2, 0) is 13.0 Å². The van der Waals surface area contributed by atoms with E-state index in [0.717, 1.165) is 51.0 Å². The van der Waals surface area contributed by atoms with E-state index in [2.05, 4.69) is 51.6 Å². The van der Waals surface area contributed by atoms with Crippen molar-refractivity contribution in [1.29, 1.82) is 0 Å². The van der Waals surface area contributed by atoms with Crippen LogP contribution in [-0.4, -0.2) is 49.4 Å². The van der Waals surface area contributed by atoms with Gasteiger partial charge in [0.1, 0.15) is 0 Å². The molecule has 6 heteroatoms. The number of aliphatic hydroxyl groups is 1. The van der Waals surface area contributed by atoms with E-state index in [9.17, 15) is 5.11 Å². The van der Waals surface area contributed by atoms with Gasteiger partial charge in [0, 0.05) is 19.1 Å². The minimum atomic E-state index is 0.196. The standard InChI is InChI=1S/C18H27N5O/c1-2-3-12-23-18(19-20-21-23)17-10-9-16(14-24)22(17)13-11-15-7-5-4-6-8-15/h4-8,16-17,24H,2-3,9-14H2,1H3/t16-,17+/m0/s1. The molecule has 1 aromatic carbocycles. The Hall–Kier alpha value is -1.79. The molecule has 1 fully saturated rings. The third-order valence-corrected chi connectivity index (χ3v) is 4.94. The summed E-state index contributed by atoms with van der Waals surface area (Å²) in [6.07, 6.45) is 5.19. The first-order chi connectivity index (χ1) is 11.8. The van der Waals surface area contributed by atoms with Gasteiger partial charge in [0.2, 0.25) is 0 Å². The highest BCUT2D eigenvalue weighted by Gasteiger charge is 2.36. The number of aromatic nitrogens is 4. The first-order valence-electron chi connectivity index (χ1n) is 9.00. The summed E-state index contributed by atoms with van der Waals surface area (Å²) in [6.45, 7) is 4.15. The molecule has 0 radical (unpaired) electrons. The maximum atomic E-state index is 9.76. The van der Waals surface area contributed by atoms with Crippen molar-refractivity contribution in [2.45, 2.75) is 57.7 Å². The van der Waals surface area contributed by atoms with Crippen molar-refractivity contribution in [3.8, 4) is 0 Å². The molecular weight excluding hydrogens is 302 g/mol. The lowest BCUT2D eigenvalue weighted by molar-refractivity contribution is 0.125. The van der Waals surface area contributed by atoms with Crippen LogP contribution < -0.4 is 0 Å². The average Bonchev–Trinajstić information content (AvgIpc) is 3.24. The van der Waals surface area contributed by atoms with Gasteiger partial charge in [-0.3, -0.25) is 4.90 Å². The first kappa shape index (κ1) is 17.0. The first-order valence-corrected chi connectivity index (χ1v) is 9.00. The van der Waals surface area contributed by atoms with Gasteiger partial charge in [-0.1, -0.05) is 43.7 Å². The van der Waals surface area contributed by atoms with Gasteiger partial charge in [0.05, 0.1) is 12.6 Å². The fourth-order valence-corrected chi connectivity index (χ4v) is 3.57. The van der Waals surface area contributed by atoms with Gasteiger partial charge in [0.15, 0.2) is 5.82 Å². The van der Waals surface area contributed by atoms with Crippen molar-refractivity contribution < 1.29 is 5.11 Å². The SMILES string of the molecule is CCCCn1nnnc1[C@H]1CC[C@@H](CO)N1CCc1ccccc1. The highest BCUT2D eigenvalue weighted by atomic mass is 16.3. The lowest BCUT2D eigenvalue weighted by Gasteiger charge is -2.28. The molecule has 0 unspecified atom stereocenters. The van der Waals surface area contributed by atoms with Crippen LogP contribution in [0.3, 0.4) is 0 Å². The predicted octanol–water partition coefficient (Wildman–Crippen LogP) is 2.21. The Bertz CT molecular complexity index is 615. The lowest BCUT2D eigenvalue weighted by Crippen LogP contribution is -2.36. The maximum absolute atomic E-state index is 9.76. The van der Waals surface area contributed by atoms with Crippen LogP contribution in [0.25, 0.3) is 0 Å². The minimum Gasteiger partial charge on any atom is -0.395 e. The molecule has 0 bridgehead atoms. The highest BCUT2D eigenvalue weighted by Crippen LogP contribution is 2.34. The normalized spacial score (nSPS) is 21.4. The van der Waals surface area contributed by atoms with Crippen LogP contribution in [0, 0.1) is 0 Å².